The highest BCUT2D eigenvalue weighted by molar-refractivity contribution is 5.94. The monoisotopic (exact) mass is 342 g/mol. The number of benzene rings is 1. The Morgan fingerprint density at radius 1 is 1.16 bits per heavy atom. The Morgan fingerprint density at radius 2 is 1.88 bits per heavy atom. The summed E-state index contributed by atoms with van der Waals surface area (Å²) in [6, 6.07) is 11.2. The van der Waals surface area contributed by atoms with E-state index in [0.29, 0.717) is 17.9 Å². The van der Waals surface area contributed by atoms with E-state index in [1.165, 1.54) is 0 Å². The fourth-order valence-corrected chi connectivity index (χ4v) is 2.13. The van der Waals surface area contributed by atoms with Gasteiger partial charge in [0, 0.05) is 25.0 Å². The molecular weight excluding hydrogens is 316 g/mol. The molecule has 0 aliphatic carbocycles. The van der Waals surface area contributed by atoms with Crippen LogP contribution >= 0.6 is 0 Å². The maximum absolute atomic E-state index is 12.0. The third-order valence-corrected chi connectivity index (χ3v) is 3.37. The van der Waals surface area contributed by atoms with Gasteiger partial charge in [0.2, 0.25) is 0 Å². The largest absolute Gasteiger partial charge is 0.491 e. The van der Waals surface area contributed by atoms with Crippen LogP contribution in [0, 0.1) is 0 Å². The summed E-state index contributed by atoms with van der Waals surface area (Å²) < 4.78 is 5.62. The van der Waals surface area contributed by atoms with Gasteiger partial charge in [0.25, 0.3) is 5.91 Å². The molecule has 0 unspecified atom stereocenters. The number of ether oxygens (including phenoxy) is 1. The van der Waals surface area contributed by atoms with E-state index in [-0.39, 0.29) is 12.0 Å². The minimum Gasteiger partial charge on any atom is -0.491 e. The van der Waals surface area contributed by atoms with Gasteiger partial charge in [-0.25, -0.2) is 4.98 Å². The summed E-state index contributed by atoms with van der Waals surface area (Å²) in [4.78, 5) is 18.3. The minimum absolute atomic E-state index is 0.115. The molecular formula is C19H26N4O2. The Morgan fingerprint density at radius 3 is 2.44 bits per heavy atom. The number of hydrogen-bond donors (Lipinski definition) is 2. The van der Waals surface area contributed by atoms with Gasteiger partial charge in [-0.05, 0) is 64.3 Å². The van der Waals surface area contributed by atoms with Gasteiger partial charge in [-0.3, -0.25) is 4.79 Å². The molecule has 6 nitrogen and oxygen atoms in total. The highest BCUT2D eigenvalue weighted by atomic mass is 16.5. The van der Waals surface area contributed by atoms with E-state index in [2.05, 4.69) is 15.6 Å². The fraction of sp³-hybridized carbons (Fsp3) is 0.368. The van der Waals surface area contributed by atoms with Crippen LogP contribution in [0.2, 0.25) is 0 Å². The van der Waals surface area contributed by atoms with E-state index >= 15 is 0 Å². The number of nitrogens with zero attached hydrogens (tertiary/aromatic N) is 2. The Bertz CT molecular complexity index is 667. The van der Waals surface area contributed by atoms with Crippen LogP contribution < -0.4 is 15.4 Å². The molecule has 0 aliphatic rings. The molecule has 0 spiro atoms. The quantitative estimate of drug-likeness (QED) is 0.772. The zero-order valence-corrected chi connectivity index (χ0v) is 15.2. The molecule has 1 amide bonds. The Kier molecular flexibility index (Phi) is 6.77. The number of carbonyl (C=O) groups is 1. The Hall–Kier alpha value is -2.60. The van der Waals surface area contributed by atoms with Gasteiger partial charge < -0.3 is 20.3 Å². The lowest BCUT2D eigenvalue weighted by Crippen LogP contribution is -2.31. The van der Waals surface area contributed by atoms with Crippen LogP contribution in [0.3, 0.4) is 0 Å². The number of rotatable bonds is 8. The van der Waals surface area contributed by atoms with Crippen molar-refractivity contribution in [3.63, 3.8) is 0 Å². The van der Waals surface area contributed by atoms with Crippen LogP contribution in [0.5, 0.6) is 5.75 Å². The van der Waals surface area contributed by atoms with Crippen molar-refractivity contribution in [1.29, 1.82) is 0 Å². The van der Waals surface area contributed by atoms with Crippen molar-refractivity contribution >= 4 is 17.4 Å². The fourth-order valence-electron chi connectivity index (χ4n) is 2.13. The Balaban J connectivity index is 1.90. The molecule has 1 aromatic heterocycles. The molecule has 0 saturated carbocycles. The average Bonchev–Trinajstić information content (AvgIpc) is 2.56. The topological polar surface area (TPSA) is 66.5 Å². The molecule has 1 aromatic carbocycles. The van der Waals surface area contributed by atoms with Gasteiger partial charge in [-0.15, -0.1) is 0 Å². The van der Waals surface area contributed by atoms with Crippen LogP contribution in [-0.2, 0) is 0 Å². The molecule has 2 rings (SSSR count). The molecule has 2 aromatic rings. The normalized spacial score (nSPS) is 10.8. The van der Waals surface area contributed by atoms with Crippen molar-refractivity contribution < 1.29 is 9.53 Å². The lowest BCUT2D eigenvalue weighted by molar-refractivity contribution is 0.0950. The lowest BCUT2D eigenvalue weighted by Gasteiger charge is -2.11. The maximum Gasteiger partial charge on any atom is 0.252 e. The van der Waals surface area contributed by atoms with Gasteiger partial charge in [0.15, 0.2) is 0 Å². The number of amides is 1. The molecule has 0 fully saturated rings. The molecule has 25 heavy (non-hydrogen) atoms. The van der Waals surface area contributed by atoms with Crippen molar-refractivity contribution in [3.8, 4) is 5.75 Å². The van der Waals surface area contributed by atoms with Crippen molar-refractivity contribution in [3.05, 3.63) is 48.2 Å². The van der Waals surface area contributed by atoms with Gasteiger partial charge in [-0.2, -0.15) is 0 Å². The molecule has 0 saturated heterocycles. The summed E-state index contributed by atoms with van der Waals surface area (Å²) in [6.45, 7) is 5.40. The summed E-state index contributed by atoms with van der Waals surface area (Å²) in [7, 11) is 3.94. The molecule has 1 heterocycles. The zero-order chi connectivity index (χ0) is 18.2. The first kappa shape index (κ1) is 18.7. The van der Waals surface area contributed by atoms with E-state index in [1.54, 1.807) is 18.3 Å². The number of aromatic nitrogens is 1. The summed E-state index contributed by atoms with van der Waals surface area (Å²) in [5.41, 5.74) is 1.46. The second kappa shape index (κ2) is 9.03. The summed E-state index contributed by atoms with van der Waals surface area (Å²) in [5.74, 6) is 1.40. The van der Waals surface area contributed by atoms with Gasteiger partial charge in [0.1, 0.15) is 11.6 Å². The number of likely N-dealkylation sites (N-methyl/N-ethyl adjacent to an activating group) is 1. The zero-order valence-electron chi connectivity index (χ0n) is 15.2. The molecule has 134 valence electrons. The third kappa shape index (κ3) is 6.43. The van der Waals surface area contributed by atoms with E-state index in [0.717, 1.165) is 18.0 Å². The highest BCUT2D eigenvalue weighted by Gasteiger charge is 2.06. The molecule has 0 bridgehead atoms. The van der Waals surface area contributed by atoms with Gasteiger partial charge in [-0.1, -0.05) is 0 Å². The van der Waals surface area contributed by atoms with E-state index in [4.69, 9.17) is 4.74 Å². The van der Waals surface area contributed by atoms with Crippen molar-refractivity contribution in [1.82, 2.24) is 15.2 Å². The van der Waals surface area contributed by atoms with Crippen LogP contribution in [0.4, 0.5) is 11.5 Å². The number of nitrogens with one attached hydrogen (secondary N) is 2. The third-order valence-electron chi connectivity index (χ3n) is 3.37. The summed E-state index contributed by atoms with van der Waals surface area (Å²) in [6.07, 6.45) is 1.72. The first-order valence-electron chi connectivity index (χ1n) is 8.37. The van der Waals surface area contributed by atoms with Crippen molar-refractivity contribution in [2.45, 2.75) is 20.0 Å². The van der Waals surface area contributed by atoms with Gasteiger partial charge in [0.05, 0.1) is 11.7 Å². The summed E-state index contributed by atoms with van der Waals surface area (Å²) >= 11 is 0. The minimum atomic E-state index is -0.115. The second-order valence-corrected chi connectivity index (χ2v) is 6.31. The number of hydrogen-bond acceptors (Lipinski definition) is 5. The van der Waals surface area contributed by atoms with Crippen molar-refractivity contribution in [2.75, 3.05) is 32.5 Å². The standard InChI is InChI=1S/C19H26N4O2/c1-14(2)25-17-8-6-16(7-9-17)22-18-10-5-15(13-21-18)19(24)20-11-12-23(3)4/h5-10,13-14H,11-12H2,1-4H3,(H,20,24)(H,21,22). The Labute approximate surface area is 149 Å². The molecule has 0 atom stereocenters. The highest BCUT2D eigenvalue weighted by Crippen LogP contribution is 2.19. The van der Waals surface area contributed by atoms with Crippen LogP contribution in [0.1, 0.15) is 24.2 Å². The molecule has 0 radical (unpaired) electrons. The molecule has 6 heteroatoms. The first-order chi connectivity index (χ1) is 11.9. The molecule has 2 N–H and O–H groups in total. The predicted octanol–water partition coefficient (Wildman–Crippen LogP) is 2.90. The number of carbonyl (C=O) groups excluding carboxylic acids is 1. The van der Waals surface area contributed by atoms with E-state index < -0.39 is 0 Å². The maximum atomic E-state index is 12.0. The van der Waals surface area contributed by atoms with Crippen LogP contribution in [-0.4, -0.2) is 49.1 Å². The lowest BCUT2D eigenvalue weighted by atomic mass is 10.2. The first-order valence-corrected chi connectivity index (χ1v) is 8.37. The smallest absolute Gasteiger partial charge is 0.252 e. The second-order valence-electron chi connectivity index (χ2n) is 6.31. The van der Waals surface area contributed by atoms with E-state index in [9.17, 15) is 4.79 Å². The van der Waals surface area contributed by atoms with Gasteiger partial charge >= 0.3 is 0 Å². The van der Waals surface area contributed by atoms with Crippen LogP contribution in [0.25, 0.3) is 0 Å². The van der Waals surface area contributed by atoms with Crippen LogP contribution in [0.15, 0.2) is 42.6 Å². The van der Waals surface area contributed by atoms with E-state index in [1.807, 2.05) is 57.1 Å². The number of pyridine rings is 1. The summed E-state index contributed by atoms with van der Waals surface area (Å²) in [5, 5.41) is 6.07. The number of anilines is 2. The van der Waals surface area contributed by atoms with Crippen molar-refractivity contribution in [2.24, 2.45) is 0 Å². The predicted molar refractivity (Wildman–Crippen MR) is 101 cm³/mol. The SMILES string of the molecule is CC(C)Oc1ccc(Nc2ccc(C(=O)NCCN(C)C)cn2)cc1. The molecule has 0 aliphatic heterocycles. The average molecular weight is 342 g/mol.